The van der Waals surface area contributed by atoms with Crippen molar-refractivity contribution in [2.45, 2.75) is 63.4 Å². The predicted molar refractivity (Wildman–Crippen MR) is 121 cm³/mol. The maximum absolute atomic E-state index is 12.3. The molecule has 0 amide bonds. The minimum Gasteiger partial charge on any atom is -0.376 e. The van der Waals surface area contributed by atoms with Gasteiger partial charge in [-0.3, -0.25) is 0 Å². The van der Waals surface area contributed by atoms with Crippen molar-refractivity contribution < 1.29 is 5.11 Å². The number of fused-ring (bicyclic) bond motifs is 2. The normalized spacial score (nSPS) is 16.1. The fraction of sp³-hybridized carbons (Fsp3) is 0.357. The van der Waals surface area contributed by atoms with Crippen molar-refractivity contribution in [1.29, 1.82) is 0 Å². The van der Waals surface area contributed by atoms with Gasteiger partial charge in [-0.05, 0) is 40.7 Å². The first kappa shape index (κ1) is 19.9. The quantitative estimate of drug-likeness (QED) is 0.467. The molecule has 0 aliphatic heterocycles. The van der Waals surface area contributed by atoms with Crippen LogP contribution in [0.2, 0.25) is 0 Å². The Kier molecular flexibility index (Phi) is 5.61. The zero-order valence-electron chi connectivity index (χ0n) is 17.7. The van der Waals surface area contributed by atoms with Crippen LogP contribution in [0.1, 0.15) is 80.2 Å². The van der Waals surface area contributed by atoms with Gasteiger partial charge in [0.05, 0.1) is 0 Å². The topological polar surface area (TPSA) is 20.2 Å². The van der Waals surface area contributed by atoms with Crippen molar-refractivity contribution in [2.75, 3.05) is 0 Å². The molecule has 0 spiro atoms. The highest BCUT2D eigenvalue weighted by atomic mass is 16.3. The van der Waals surface area contributed by atoms with Crippen LogP contribution in [0, 0.1) is 0 Å². The van der Waals surface area contributed by atoms with E-state index >= 15 is 0 Å². The molecule has 0 bridgehead atoms. The standard InChI is InChI=1S/C28H32O/c1-3-5-20-27(21-6-4-2)23-16-10-12-18-25(23)28(29,22-14-8-7-9-15-22)26-19-13-11-17-24(26)27/h7-19,29H,3-6,20-21H2,1-2H3. The average Bonchev–Trinajstić information content (AvgIpc) is 2.79. The Labute approximate surface area is 175 Å². The van der Waals surface area contributed by atoms with Crippen molar-refractivity contribution in [3.05, 3.63) is 107 Å². The summed E-state index contributed by atoms with van der Waals surface area (Å²) >= 11 is 0. The summed E-state index contributed by atoms with van der Waals surface area (Å²) in [6, 6.07) is 27.4. The molecule has 0 radical (unpaired) electrons. The summed E-state index contributed by atoms with van der Waals surface area (Å²) in [4.78, 5) is 0. The summed E-state index contributed by atoms with van der Waals surface area (Å²) in [6.45, 7) is 4.54. The molecule has 0 atom stereocenters. The molecule has 0 unspecified atom stereocenters. The van der Waals surface area contributed by atoms with Crippen LogP contribution in [-0.4, -0.2) is 5.11 Å². The van der Waals surface area contributed by atoms with E-state index in [2.05, 4.69) is 74.5 Å². The highest BCUT2D eigenvalue weighted by Gasteiger charge is 2.49. The molecule has 150 valence electrons. The Hall–Kier alpha value is -2.38. The molecular weight excluding hydrogens is 352 g/mol. The maximum atomic E-state index is 12.3. The number of hydrogen-bond acceptors (Lipinski definition) is 1. The van der Waals surface area contributed by atoms with Gasteiger partial charge in [0.25, 0.3) is 0 Å². The van der Waals surface area contributed by atoms with E-state index in [-0.39, 0.29) is 5.41 Å². The van der Waals surface area contributed by atoms with Crippen LogP contribution < -0.4 is 0 Å². The third kappa shape index (κ3) is 3.13. The number of hydrogen-bond donors (Lipinski definition) is 1. The molecule has 1 aliphatic carbocycles. The second-order valence-electron chi connectivity index (χ2n) is 8.46. The third-order valence-electron chi connectivity index (χ3n) is 6.77. The molecule has 3 aromatic rings. The molecule has 0 saturated carbocycles. The van der Waals surface area contributed by atoms with Gasteiger partial charge in [0, 0.05) is 5.41 Å². The molecule has 0 saturated heterocycles. The first-order valence-electron chi connectivity index (χ1n) is 11.2. The summed E-state index contributed by atoms with van der Waals surface area (Å²) in [6.07, 6.45) is 7.00. The summed E-state index contributed by atoms with van der Waals surface area (Å²) in [7, 11) is 0. The lowest BCUT2D eigenvalue weighted by atomic mass is 9.57. The summed E-state index contributed by atoms with van der Waals surface area (Å²) in [5.41, 5.74) is 4.53. The molecule has 4 rings (SSSR count). The van der Waals surface area contributed by atoms with Gasteiger partial charge >= 0.3 is 0 Å². The smallest absolute Gasteiger partial charge is 0.141 e. The molecule has 0 heterocycles. The Morgan fingerprint density at radius 3 is 1.45 bits per heavy atom. The fourth-order valence-electron chi connectivity index (χ4n) is 5.33. The fourth-order valence-corrected chi connectivity index (χ4v) is 5.33. The molecule has 0 fully saturated rings. The minimum atomic E-state index is -1.11. The van der Waals surface area contributed by atoms with Gasteiger partial charge in [-0.1, -0.05) is 118 Å². The van der Waals surface area contributed by atoms with Crippen LogP contribution in [0.3, 0.4) is 0 Å². The minimum absolute atomic E-state index is 0.0276. The average molecular weight is 385 g/mol. The van der Waals surface area contributed by atoms with E-state index in [0.29, 0.717) is 0 Å². The molecular formula is C28H32O. The number of unbranched alkanes of at least 4 members (excludes halogenated alkanes) is 2. The summed E-state index contributed by atoms with van der Waals surface area (Å²) in [5.74, 6) is 0. The van der Waals surface area contributed by atoms with Crippen molar-refractivity contribution in [3.8, 4) is 0 Å². The van der Waals surface area contributed by atoms with E-state index in [1.54, 1.807) is 0 Å². The van der Waals surface area contributed by atoms with Crippen LogP contribution in [0.15, 0.2) is 78.9 Å². The van der Waals surface area contributed by atoms with E-state index in [4.69, 9.17) is 0 Å². The van der Waals surface area contributed by atoms with Gasteiger partial charge < -0.3 is 5.11 Å². The zero-order chi connectivity index (χ0) is 20.3. The van der Waals surface area contributed by atoms with E-state index < -0.39 is 5.60 Å². The molecule has 3 aromatic carbocycles. The summed E-state index contributed by atoms with van der Waals surface area (Å²) in [5, 5.41) is 12.3. The Morgan fingerprint density at radius 1 is 0.586 bits per heavy atom. The van der Waals surface area contributed by atoms with Gasteiger partial charge in [0.2, 0.25) is 0 Å². The van der Waals surface area contributed by atoms with Crippen molar-refractivity contribution in [3.63, 3.8) is 0 Å². The van der Waals surface area contributed by atoms with Gasteiger partial charge in [-0.2, -0.15) is 0 Å². The van der Waals surface area contributed by atoms with Gasteiger partial charge in [0.1, 0.15) is 5.60 Å². The lowest BCUT2D eigenvalue weighted by molar-refractivity contribution is 0.114. The molecule has 1 nitrogen and oxygen atoms in total. The summed E-state index contributed by atoms with van der Waals surface area (Å²) < 4.78 is 0. The SMILES string of the molecule is CCCCC1(CCCC)c2ccccc2C(O)(c2ccccc2)c2ccccc21. The monoisotopic (exact) mass is 384 g/mol. The van der Waals surface area contributed by atoms with Crippen LogP contribution in [0.5, 0.6) is 0 Å². The number of benzene rings is 3. The molecule has 1 N–H and O–H groups in total. The second-order valence-corrected chi connectivity index (χ2v) is 8.46. The lowest BCUT2D eigenvalue weighted by Gasteiger charge is -2.48. The first-order chi connectivity index (χ1) is 14.2. The predicted octanol–water partition coefficient (Wildman–Crippen LogP) is 6.95. The molecule has 0 aromatic heterocycles. The second kappa shape index (κ2) is 8.16. The molecule has 1 aliphatic rings. The van der Waals surface area contributed by atoms with Crippen molar-refractivity contribution >= 4 is 0 Å². The highest BCUT2D eigenvalue weighted by molar-refractivity contribution is 5.62. The lowest BCUT2D eigenvalue weighted by Crippen LogP contribution is -2.43. The van der Waals surface area contributed by atoms with Crippen molar-refractivity contribution in [2.24, 2.45) is 0 Å². The third-order valence-corrected chi connectivity index (χ3v) is 6.77. The van der Waals surface area contributed by atoms with Gasteiger partial charge in [-0.25, -0.2) is 0 Å². The maximum Gasteiger partial charge on any atom is 0.141 e. The first-order valence-corrected chi connectivity index (χ1v) is 11.2. The van der Waals surface area contributed by atoms with Crippen LogP contribution in [0.4, 0.5) is 0 Å². The van der Waals surface area contributed by atoms with Crippen molar-refractivity contribution in [1.82, 2.24) is 0 Å². The van der Waals surface area contributed by atoms with Gasteiger partial charge in [-0.15, -0.1) is 0 Å². The Bertz CT molecular complexity index is 899. The van der Waals surface area contributed by atoms with E-state index in [1.165, 1.54) is 36.8 Å². The van der Waals surface area contributed by atoms with E-state index in [0.717, 1.165) is 29.5 Å². The van der Waals surface area contributed by atoms with Crippen LogP contribution in [-0.2, 0) is 11.0 Å². The Morgan fingerprint density at radius 2 is 1.00 bits per heavy atom. The number of aliphatic hydroxyl groups is 1. The largest absolute Gasteiger partial charge is 0.376 e. The van der Waals surface area contributed by atoms with Crippen LogP contribution >= 0.6 is 0 Å². The Balaban J connectivity index is 2.04. The zero-order valence-corrected chi connectivity index (χ0v) is 17.7. The van der Waals surface area contributed by atoms with E-state index in [1.807, 2.05) is 18.2 Å². The number of rotatable bonds is 7. The van der Waals surface area contributed by atoms with Crippen LogP contribution in [0.25, 0.3) is 0 Å². The molecule has 1 heteroatoms. The molecule has 29 heavy (non-hydrogen) atoms. The van der Waals surface area contributed by atoms with E-state index in [9.17, 15) is 5.11 Å². The van der Waals surface area contributed by atoms with Gasteiger partial charge in [0.15, 0.2) is 0 Å². The highest BCUT2D eigenvalue weighted by Crippen LogP contribution is 2.55.